The quantitative estimate of drug-likeness (QED) is 0.436. The predicted molar refractivity (Wildman–Crippen MR) is 114 cm³/mol. The number of rotatable bonds is 8. The van der Waals surface area contributed by atoms with E-state index in [-0.39, 0.29) is 11.6 Å². The average molecular weight is 405 g/mol. The molecule has 0 saturated heterocycles. The van der Waals surface area contributed by atoms with Crippen molar-refractivity contribution >= 4 is 11.4 Å². The van der Waals surface area contributed by atoms with E-state index in [1.165, 1.54) is 24.5 Å². The van der Waals surface area contributed by atoms with Gasteiger partial charge in [0.15, 0.2) is 0 Å². The Kier molecular flexibility index (Phi) is 5.98. The van der Waals surface area contributed by atoms with E-state index >= 15 is 0 Å². The van der Waals surface area contributed by atoms with Gasteiger partial charge < -0.3 is 10.6 Å². The van der Waals surface area contributed by atoms with E-state index in [1.54, 1.807) is 29.2 Å². The van der Waals surface area contributed by atoms with Crippen molar-refractivity contribution in [2.45, 2.75) is 13.1 Å². The van der Waals surface area contributed by atoms with Gasteiger partial charge >= 0.3 is 0 Å². The number of nitrogens with zero attached hydrogens (tertiary/aromatic N) is 3. The number of hydrogen-bond acceptors (Lipinski definition) is 4. The maximum atomic E-state index is 14.8. The molecule has 152 valence electrons. The molecule has 4 aromatic rings. The molecule has 7 heteroatoms. The summed E-state index contributed by atoms with van der Waals surface area (Å²) in [6.45, 7) is 1.58. The van der Waals surface area contributed by atoms with Crippen LogP contribution in [0.1, 0.15) is 5.56 Å². The highest BCUT2D eigenvalue weighted by Crippen LogP contribution is 2.33. The van der Waals surface area contributed by atoms with Crippen molar-refractivity contribution in [3.63, 3.8) is 0 Å². The van der Waals surface area contributed by atoms with Crippen LogP contribution in [0.5, 0.6) is 0 Å². The molecule has 3 aromatic carbocycles. The van der Waals surface area contributed by atoms with Gasteiger partial charge in [-0.1, -0.05) is 42.5 Å². The van der Waals surface area contributed by atoms with Crippen LogP contribution in [0.25, 0.3) is 11.1 Å². The van der Waals surface area contributed by atoms with Crippen LogP contribution < -0.4 is 10.6 Å². The molecule has 1 aromatic heterocycles. The fourth-order valence-electron chi connectivity index (χ4n) is 3.16. The van der Waals surface area contributed by atoms with Crippen LogP contribution >= 0.6 is 0 Å². The second-order valence-corrected chi connectivity index (χ2v) is 6.81. The molecule has 2 N–H and O–H groups in total. The minimum absolute atomic E-state index is 0.294. The summed E-state index contributed by atoms with van der Waals surface area (Å²) in [5.41, 5.74) is 3.82. The van der Waals surface area contributed by atoms with Gasteiger partial charge in [-0.15, -0.1) is 0 Å². The molecule has 5 nitrogen and oxygen atoms in total. The number of benzene rings is 3. The summed E-state index contributed by atoms with van der Waals surface area (Å²) in [7, 11) is 0. The Bertz CT molecular complexity index is 1080. The van der Waals surface area contributed by atoms with Crippen molar-refractivity contribution in [1.29, 1.82) is 0 Å². The molecule has 0 spiro atoms. The zero-order valence-corrected chi connectivity index (χ0v) is 16.2. The minimum Gasteiger partial charge on any atom is -0.383 e. The van der Waals surface area contributed by atoms with Crippen LogP contribution in [0.2, 0.25) is 0 Å². The van der Waals surface area contributed by atoms with Crippen LogP contribution in [0, 0.1) is 11.6 Å². The van der Waals surface area contributed by atoms with E-state index in [2.05, 4.69) is 20.7 Å². The number of nitrogens with one attached hydrogen (secondary N) is 2. The van der Waals surface area contributed by atoms with Crippen molar-refractivity contribution < 1.29 is 8.78 Å². The summed E-state index contributed by atoms with van der Waals surface area (Å²) < 4.78 is 29.6. The third-order valence-corrected chi connectivity index (χ3v) is 4.71. The molecular weight excluding hydrogens is 384 g/mol. The highest BCUT2D eigenvalue weighted by Gasteiger charge is 2.12. The van der Waals surface area contributed by atoms with E-state index in [1.807, 2.05) is 30.3 Å². The van der Waals surface area contributed by atoms with Crippen molar-refractivity contribution in [3.8, 4) is 11.1 Å². The zero-order chi connectivity index (χ0) is 20.8. The number of halogens is 2. The largest absolute Gasteiger partial charge is 0.383 e. The lowest BCUT2D eigenvalue weighted by Gasteiger charge is -2.16. The molecule has 30 heavy (non-hydrogen) atoms. The third kappa shape index (κ3) is 4.81. The van der Waals surface area contributed by atoms with Crippen molar-refractivity contribution in [2.24, 2.45) is 0 Å². The van der Waals surface area contributed by atoms with Crippen molar-refractivity contribution in [3.05, 3.63) is 96.6 Å². The molecule has 0 aliphatic carbocycles. The van der Waals surface area contributed by atoms with Crippen molar-refractivity contribution in [1.82, 2.24) is 14.8 Å². The molecule has 0 aliphatic heterocycles. The van der Waals surface area contributed by atoms with Gasteiger partial charge in [0.1, 0.15) is 24.3 Å². The highest BCUT2D eigenvalue weighted by molar-refractivity contribution is 5.81. The molecule has 0 aliphatic rings. The van der Waals surface area contributed by atoms with Gasteiger partial charge in [-0.2, -0.15) is 5.10 Å². The molecule has 0 radical (unpaired) electrons. The van der Waals surface area contributed by atoms with Crippen LogP contribution in [0.15, 0.2) is 79.4 Å². The van der Waals surface area contributed by atoms with Gasteiger partial charge in [0.2, 0.25) is 0 Å². The first-order valence-electron chi connectivity index (χ1n) is 9.62. The Labute approximate surface area is 173 Å². The number of hydrogen-bond donors (Lipinski definition) is 2. The summed E-state index contributed by atoms with van der Waals surface area (Å²) in [5.74, 6) is -0.655. The molecule has 1 heterocycles. The zero-order valence-electron chi connectivity index (χ0n) is 16.2. The van der Waals surface area contributed by atoms with Crippen molar-refractivity contribution in [2.75, 3.05) is 17.2 Å². The van der Waals surface area contributed by atoms with Crippen LogP contribution in [-0.2, 0) is 13.1 Å². The summed E-state index contributed by atoms with van der Waals surface area (Å²) >= 11 is 0. The molecule has 0 amide bonds. The third-order valence-electron chi connectivity index (χ3n) is 4.71. The van der Waals surface area contributed by atoms with Crippen LogP contribution in [0.4, 0.5) is 20.2 Å². The minimum atomic E-state index is -0.361. The second-order valence-electron chi connectivity index (χ2n) is 6.81. The average Bonchev–Trinajstić information content (AvgIpc) is 3.28. The Balaban J connectivity index is 1.56. The van der Waals surface area contributed by atoms with E-state index in [9.17, 15) is 8.78 Å². The normalized spacial score (nSPS) is 10.7. The highest BCUT2D eigenvalue weighted by atomic mass is 19.1. The maximum absolute atomic E-state index is 14.8. The van der Waals surface area contributed by atoms with Gasteiger partial charge in [0, 0.05) is 24.3 Å². The Hall–Kier alpha value is -3.74. The maximum Gasteiger partial charge on any atom is 0.148 e. The van der Waals surface area contributed by atoms with Gasteiger partial charge in [-0.25, -0.2) is 13.8 Å². The first-order valence-corrected chi connectivity index (χ1v) is 9.62. The SMILES string of the molecule is Fc1ccc(CNc2cc(-c3ccccc3)c(NCCn3cncn3)cc2F)cc1. The topological polar surface area (TPSA) is 54.8 Å². The van der Waals surface area contributed by atoms with Gasteiger partial charge in [-0.3, -0.25) is 4.68 Å². The Morgan fingerprint density at radius 1 is 0.867 bits per heavy atom. The van der Waals surface area contributed by atoms with Gasteiger partial charge in [0.05, 0.1) is 12.2 Å². The summed E-state index contributed by atoms with van der Waals surface area (Å²) in [6, 6.07) is 19.3. The lowest BCUT2D eigenvalue weighted by atomic mass is 10.0. The van der Waals surface area contributed by atoms with Gasteiger partial charge in [-0.05, 0) is 35.4 Å². The Morgan fingerprint density at radius 2 is 1.67 bits per heavy atom. The van der Waals surface area contributed by atoms with E-state index in [4.69, 9.17) is 0 Å². The standard InChI is InChI=1S/C23H21F2N5/c24-19-8-6-17(7-9-19)14-28-23-12-20(18-4-2-1-3-5-18)22(13-21(23)25)27-10-11-30-16-26-15-29-30/h1-9,12-13,15-16,27-28H,10-11,14H2. The molecular formula is C23H21F2N5. The molecule has 0 fully saturated rings. The molecule has 4 rings (SSSR count). The van der Waals surface area contributed by atoms with E-state index < -0.39 is 0 Å². The molecule has 0 atom stereocenters. The fourth-order valence-corrected chi connectivity index (χ4v) is 3.16. The molecule has 0 bridgehead atoms. The number of aromatic nitrogens is 3. The van der Waals surface area contributed by atoms with Gasteiger partial charge in [0.25, 0.3) is 0 Å². The first kappa shape index (κ1) is 19.6. The Morgan fingerprint density at radius 3 is 2.40 bits per heavy atom. The lowest BCUT2D eigenvalue weighted by molar-refractivity contribution is 0.625. The van der Waals surface area contributed by atoms with Crippen LogP contribution in [0.3, 0.4) is 0 Å². The second kappa shape index (κ2) is 9.17. The molecule has 0 saturated carbocycles. The first-order chi connectivity index (χ1) is 14.7. The summed E-state index contributed by atoms with van der Waals surface area (Å²) in [5, 5.41) is 10.5. The van der Waals surface area contributed by atoms with E-state index in [0.29, 0.717) is 31.0 Å². The monoisotopic (exact) mass is 405 g/mol. The predicted octanol–water partition coefficient (Wildman–Crippen LogP) is 4.95. The summed E-state index contributed by atoms with van der Waals surface area (Å²) in [6.07, 6.45) is 3.12. The fraction of sp³-hybridized carbons (Fsp3) is 0.130. The van der Waals surface area contributed by atoms with Crippen LogP contribution in [-0.4, -0.2) is 21.3 Å². The smallest absolute Gasteiger partial charge is 0.148 e. The summed E-state index contributed by atoms with van der Waals surface area (Å²) in [4.78, 5) is 3.92. The molecule has 0 unspecified atom stereocenters. The van der Waals surface area contributed by atoms with E-state index in [0.717, 1.165) is 16.7 Å². The lowest BCUT2D eigenvalue weighted by Crippen LogP contribution is -2.12. The number of anilines is 2.